The zero-order valence-electron chi connectivity index (χ0n) is 15.8. The first kappa shape index (κ1) is 19.2. The highest BCUT2D eigenvalue weighted by molar-refractivity contribution is 7.88. The highest BCUT2D eigenvalue weighted by atomic mass is 32.2. The Balaban J connectivity index is 1.72. The number of pyridine rings is 1. The van der Waals surface area contributed by atoms with Crippen LogP contribution in [-0.4, -0.2) is 73.7 Å². The van der Waals surface area contributed by atoms with E-state index < -0.39 is 21.9 Å². The molecule has 2 aliphatic rings. The van der Waals surface area contributed by atoms with Crippen LogP contribution in [0.4, 0.5) is 4.39 Å². The zero-order valence-corrected chi connectivity index (χ0v) is 16.6. The summed E-state index contributed by atoms with van der Waals surface area (Å²) in [6.45, 7) is 3.44. The maximum absolute atomic E-state index is 13.6. The van der Waals surface area contributed by atoms with E-state index in [4.69, 9.17) is 4.74 Å². The van der Waals surface area contributed by atoms with Crippen LogP contribution in [0.25, 0.3) is 10.9 Å². The standard InChI is InChI=1S/C19H22FN3O4S/c1-12-5-17(16-4-3-14(20)6-18(16)21-12)19(24)22-7-13-8-23(28(2,25)26)15(9-22)11-27-10-13/h3-6,13,15H,7-11H2,1-2H3/t13-,15-/m0/s1. The fraction of sp³-hybridized carbons (Fsp3) is 0.474. The van der Waals surface area contributed by atoms with Gasteiger partial charge in [-0.2, -0.15) is 4.31 Å². The van der Waals surface area contributed by atoms with Gasteiger partial charge in [0, 0.05) is 42.7 Å². The first-order valence-corrected chi connectivity index (χ1v) is 11.0. The van der Waals surface area contributed by atoms with Crippen LogP contribution < -0.4 is 0 Å². The lowest BCUT2D eigenvalue weighted by molar-refractivity contribution is 0.0461. The average molecular weight is 407 g/mol. The maximum Gasteiger partial charge on any atom is 0.254 e. The molecule has 2 aliphatic heterocycles. The number of benzene rings is 1. The molecule has 3 heterocycles. The Bertz CT molecular complexity index is 1040. The summed E-state index contributed by atoms with van der Waals surface area (Å²) in [7, 11) is -3.40. The van der Waals surface area contributed by atoms with Gasteiger partial charge in [-0.15, -0.1) is 0 Å². The summed E-state index contributed by atoms with van der Waals surface area (Å²) >= 11 is 0. The number of carbonyl (C=O) groups is 1. The summed E-state index contributed by atoms with van der Waals surface area (Å²) in [6.07, 6.45) is 1.19. The van der Waals surface area contributed by atoms with Crippen LogP contribution in [0.15, 0.2) is 24.3 Å². The molecule has 0 saturated carbocycles. The number of hydrogen-bond donors (Lipinski definition) is 0. The van der Waals surface area contributed by atoms with Crippen molar-refractivity contribution in [3.63, 3.8) is 0 Å². The van der Waals surface area contributed by atoms with Crippen molar-refractivity contribution in [2.75, 3.05) is 39.1 Å². The molecule has 2 aromatic rings. The molecule has 0 spiro atoms. The van der Waals surface area contributed by atoms with E-state index >= 15 is 0 Å². The van der Waals surface area contributed by atoms with E-state index in [-0.39, 0.29) is 25.0 Å². The second kappa shape index (κ2) is 7.06. The number of aromatic nitrogens is 1. The van der Waals surface area contributed by atoms with E-state index in [1.165, 1.54) is 22.7 Å². The average Bonchev–Trinajstić information content (AvgIpc) is 2.91. The Morgan fingerprint density at radius 2 is 2.00 bits per heavy atom. The first-order valence-electron chi connectivity index (χ1n) is 9.13. The highest BCUT2D eigenvalue weighted by Gasteiger charge is 2.39. The molecule has 2 bridgehead atoms. The van der Waals surface area contributed by atoms with Gasteiger partial charge in [-0.3, -0.25) is 9.78 Å². The number of sulfonamides is 1. The molecule has 0 N–H and O–H groups in total. The van der Waals surface area contributed by atoms with Gasteiger partial charge in [-0.1, -0.05) is 0 Å². The lowest BCUT2D eigenvalue weighted by Gasteiger charge is -2.30. The molecule has 1 aromatic heterocycles. The fourth-order valence-corrected chi connectivity index (χ4v) is 5.21. The van der Waals surface area contributed by atoms with Crippen molar-refractivity contribution in [2.45, 2.75) is 13.0 Å². The van der Waals surface area contributed by atoms with Gasteiger partial charge in [-0.05, 0) is 25.1 Å². The smallest absolute Gasteiger partial charge is 0.254 e. The van der Waals surface area contributed by atoms with Gasteiger partial charge < -0.3 is 9.64 Å². The summed E-state index contributed by atoms with van der Waals surface area (Å²) < 4.78 is 45.1. The monoisotopic (exact) mass is 407 g/mol. The number of rotatable bonds is 2. The van der Waals surface area contributed by atoms with E-state index in [0.717, 1.165) is 0 Å². The van der Waals surface area contributed by atoms with Crippen LogP contribution >= 0.6 is 0 Å². The number of aryl methyl sites for hydroxylation is 1. The second-order valence-electron chi connectivity index (χ2n) is 7.57. The molecule has 28 heavy (non-hydrogen) atoms. The van der Waals surface area contributed by atoms with Crippen molar-refractivity contribution in [2.24, 2.45) is 5.92 Å². The summed E-state index contributed by atoms with van der Waals surface area (Å²) in [5.41, 5.74) is 1.51. The third kappa shape index (κ3) is 3.61. The molecular weight excluding hydrogens is 385 g/mol. The number of nitrogens with zero attached hydrogens (tertiary/aromatic N) is 3. The van der Waals surface area contributed by atoms with Crippen molar-refractivity contribution in [3.05, 3.63) is 41.3 Å². The summed E-state index contributed by atoms with van der Waals surface area (Å²) in [4.78, 5) is 19.4. The number of halogens is 1. The fourth-order valence-electron chi connectivity index (χ4n) is 4.06. The Kier molecular flexibility index (Phi) is 4.84. The molecule has 2 fully saturated rings. The van der Waals surface area contributed by atoms with Crippen LogP contribution in [0.2, 0.25) is 0 Å². The van der Waals surface area contributed by atoms with Gasteiger partial charge in [0.05, 0.1) is 36.6 Å². The number of carbonyl (C=O) groups excluding carboxylic acids is 1. The molecule has 0 radical (unpaired) electrons. The molecule has 0 unspecified atom stereocenters. The lowest BCUT2D eigenvalue weighted by Crippen LogP contribution is -2.47. The van der Waals surface area contributed by atoms with Gasteiger partial charge in [0.1, 0.15) is 5.82 Å². The van der Waals surface area contributed by atoms with E-state index in [9.17, 15) is 17.6 Å². The quantitative estimate of drug-likeness (QED) is 0.752. The first-order chi connectivity index (χ1) is 13.2. The van der Waals surface area contributed by atoms with Crippen LogP contribution in [0.1, 0.15) is 16.1 Å². The van der Waals surface area contributed by atoms with Crippen LogP contribution in [0.3, 0.4) is 0 Å². The van der Waals surface area contributed by atoms with E-state index in [0.29, 0.717) is 41.9 Å². The minimum Gasteiger partial charge on any atom is -0.379 e. The third-order valence-corrected chi connectivity index (χ3v) is 6.56. The van der Waals surface area contributed by atoms with Gasteiger partial charge in [0.2, 0.25) is 10.0 Å². The van der Waals surface area contributed by atoms with Crippen LogP contribution in [-0.2, 0) is 14.8 Å². The minimum absolute atomic E-state index is 0.0992. The molecule has 1 amide bonds. The lowest BCUT2D eigenvalue weighted by atomic mass is 10.0. The summed E-state index contributed by atoms with van der Waals surface area (Å²) in [6, 6.07) is 5.48. The highest BCUT2D eigenvalue weighted by Crippen LogP contribution is 2.26. The second-order valence-corrected chi connectivity index (χ2v) is 9.51. The van der Waals surface area contributed by atoms with Gasteiger partial charge in [0.15, 0.2) is 0 Å². The minimum atomic E-state index is -3.40. The molecule has 2 atom stereocenters. The topological polar surface area (TPSA) is 79.8 Å². The zero-order chi connectivity index (χ0) is 20.1. The predicted octanol–water partition coefficient (Wildman–Crippen LogP) is 1.41. The molecule has 0 aliphatic carbocycles. The molecule has 150 valence electrons. The van der Waals surface area contributed by atoms with Gasteiger partial charge in [0.25, 0.3) is 5.91 Å². The van der Waals surface area contributed by atoms with Crippen LogP contribution in [0, 0.1) is 18.7 Å². The SMILES string of the molecule is Cc1cc(C(=O)N2C[C@@H]3COC[C@H](C2)N(S(C)(=O)=O)C3)c2ccc(F)cc2n1. The van der Waals surface area contributed by atoms with Crippen molar-refractivity contribution in [1.82, 2.24) is 14.2 Å². The Morgan fingerprint density at radius 3 is 2.75 bits per heavy atom. The number of ether oxygens (including phenoxy) is 1. The van der Waals surface area contributed by atoms with E-state index in [1.807, 2.05) is 0 Å². The molecule has 4 rings (SSSR count). The summed E-state index contributed by atoms with van der Waals surface area (Å²) in [5.74, 6) is -0.707. The molecule has 9 heteroatoms. The molecule has 1 aromatic carbocycles. The van der Waals surface area contributed by atoms with Gasteiger partial charge >= 0.3 is 0 Å². The van der Waals surface area contributed by atoms with Crippen molar-refractivity contribution >= 4 is 26.8 Å². The number of hydrogen-bond acceptors (Lipinski definition) is 5. The third-order valence-electron chi connectivity index (χ3n) is 5.26. The van der Waals surface area contributed by atoms with Crippen molar-refractivity contribution < 1.29 is 22.3 Å². The van der Waals surface area contributed by atoms with E-state index in [1.54, 1.807) is 24.0 Å². The maximum atomic E-state index is 13.6. The predicted molar refractivity (Wildman–Crippen MR) is 102 cm³/mol. The summed E-state index contributed by atoms with van der Waals surface area (Å²) in [5, 5.41) is 0.586. The Hall–Kier alpha value is -2.10. The largest absolute Gasteiger partial charge is 0.379 e. The molecular formula is C19H22FN3O4S. The van der Waals surface area contributed by atoms with E-state index in [2.05, 4.69) is 4.98 Å². The van der Waals surface area contributed by atoms with Crippen molar-refractivity contribution in [3.8, 4) is 0 Å². The van der Waals surface area contributed by atoms with Gasteiger partial charge in [-0.25, -0.2) is 12.8 Å². The molecule has 2 saturated heterocycles. The Labute approximate surface area is 163 Å². The number of fused-ring (bicyclic) bond motifs is 4. The normalized spacial score (nSPS) is 23.6. The Morgan fingerprint density at radius 1 is 1.21 bits per heavy atom. The molecule has 7 nitrogen and oxygen atoms in total. The van der Waals surface area contributed by atoms with Crippen molar-refractivity contribution in [1.29, 1.82) is 0 Å². The van der Waals surface area contributed by atoms with Crippen LogP contribution in [0.5, 0.6) is 0 Å². The number of amides is 1.